The Kier molecular flexibility index (Phi) is 6.20. The Balaban J connectivity index is 1.96. The lowest BCUT2D eigenvalue weighted by molar-refractivity contribution is -0.118. The van der Waals surface area contributed by atoms with E-state index in [0.29, 0.717) is 18.5 Å². The topological polar surface area (TPSA) is 73.5 Å². The number of imide groups is 1. The second-order valence-corrected chi connectivity index (χ2v) is 6.59. The normalized spacial score (nSPS) is 15.0. The molecule has 0 spiro atoms. The molecule has 0 saturated carbocycles. The molecule has 0 unspecified atom stereocenters. The first kappa shape index (κ1) is 18.3. The second kappa shape index (κ2) is 8.15. The van der Waals surface area contributed by atoms with E-state index in [4.69, 9.17) is 0 Å². The van der Waals surface area contributed by atoms with Crippen LogP contribution in [0.25, 0.3) is 0 Å². The van der Waals surface area contributed by atoms with Crippen LogP contribution in [0.3, 0.4) is 0 Å². The summed E-state index contributed by atoms with van der Waals surface area (Å²) < 4.78 is 0. The number of amides is 3. The van der Waals surface area contributed by atoms with Crippen molar-refractivity contribution < 1.29 is 9.59 Å². The monoisotopic (exact) mass is 332 g/mol. The van der Waals surface area contributed by atoms with Crippen molar-refractivity contribution in [3.63, 3.8) is 0 Å². The maximum atomic E-state index is 11.8. The molecule has 3 N–H and O–H groups in total. The molecule has 1 heterocycles. The maximum absolute atomic E-state index is 11.8. The lowest BCUT2D eigenvalue weighted by atomic mass is 10.1. The van der Waals surface area contributed by atoms with Crippen LogP contribution in [0.5, 0.6) is 0 Å². The van der Waals surface area contributed by atoms with Gasteiger partial charge in [-0.3, -0.25) is 15.0 Å². The quantitative estimate of drug-likeness (QED) is 0.747. The van der Waals surface area contributed by atoms with E-state index in [1.54, 1.807) is 6.92 Å². The van der Waals surface area contributed by atoms with Gasteiger partial charge in [-0.15, -0.1) is 0 Å². The Hall–Kier alpha value is -2.08. The van der Waals surface area contributed by atoms with Crippen molar-refractivity contribution in [2.24, 2.45) is 5.92 Å². The van der Waals surface area contributed by atoms with Crippen molar-refractivity contribution in [3.05, 3.63) is 29.3 Å². The minimum Gasteiger partial charge on any atom is -0.376 e. The van der Waals surface area contributed by atoms with Crippen LogP contribution in [0.15, 0.2) is 18.2 Å². The summed E-state index contributed by atoms with van der Waals surface area (Å²) in [6.07, 6.45) is 0. The van der Waals surface area contributed by atoms with E-state index in [9.17, 15) is 9.59 Å². The van der Waals surface area contributed by atoms with Gasteiger partial charge in [0.25, 0.3) is 0 Å². The van der Waals surface area contributed by atoms with Crippen LogP contribution in [0, 0.1) is 5.92 Å². The van der Waals surface area contributed by atoms with E-state index in [1.807, 2.05) is 12.1 Å². The minimum atomic E-state index is -0.459. The highest BCUT2D eigenvalue weighted by Gasteiger charge is 2.26. The molecule has 1 atom stereocenters. The Bertz CT molecular complexity index is 601. The lowest BCUT2D eigenvalue weighted by Gasteiger charge is -2.27. The summed E-state index contributed by atoms with van der Waals surface area (Å²) in [6, 6.07) is 6.18. The predicted molar refractivity (Wildman–Crippen MR) is 95.7 cm³/mol. The SMILES string of the molecule is CCNC(=O)NC(=O)CNc1cccc2c1CN([C@H](C)C(C)C)C2. The summed E-state index contributed by atoms with van der Waals surface area (Å²) in [7, 11) is 0. The third kappa shape index (κ3) is 4.47. The van der Waals surface area contributed by atoms with Crippen molar-refractivity contribution in [1.82, 2.24) is 15.5 Å². The fraction of sp³-hybridized carbons (Fsp3) is 0.556. The van der Waals surface area contributed by atoms with Crippen molar-refractivity contribution in [2.75, 3.05) is 18.4 Å². The summed E-state index contributed by atoms with van der Waals surface area (Å²) >= 11 is 0. The molecule has 0 saturated heterocycles. The van der Waals surface area contributed by atoms with Crippen LogP contribution in [0.1, 0.15) is 38.8 Å². The molecule has 1 aliphatic rings. The number of urea groups is 1. The third-order valence-corrected chi connectivity index (χ3v) is 4.58. The molecule has 6 heteroatoms. The molecular formula is C18H28N4O2. The van der Waals surface area contributed by atoms with Gasteiger partial charge in [0.15, 0.2) is 0 Å². The molecule has 1 aromatic carbocycles. The van der Waals surface area contributed by atoms with E-state index < -0.39 is 6.03 Å². The Morgan fingerprint density at radius 2 is 1.96 bits per heavy atom. The fourth-order valence-corrected chi connectivity index (χ4v) is 2.87. The van der Waals surface area contributed by atoms with E-state index >= 15 is 0 Å². The lowest BCUT2D eigenvalue weighted by Crippen LogP contribution is -2.41. The van der Waals surface area contributed by atoms with Gasteiger partial charge in [-0.05, 0) is 37.0 Å². The zero-order chi connectivity index (χ0) is 17.7. The number of nitrogens with one attached hydrogen (secondary N) is 3. The number of carbonyl (C=O) groups is 2. The number of rotatable bonds is 6. The summed E-state index contributed by atoms with van der Waals surface area (Å²) in [5.74, 6) is 0.252. The number of hydrogen-bond donors (Lipinski definition) is 3. The van der Waals surface area contributed by atoms with Crippen molar-refractivity contribution in [3.8, 4) is 0 Å². The number of fused-ring (bicyclic) bond motifs is 1. The van der Waals surface area contributed by atoms with E-state index in [1.165, 1.54) is 11.1 Å². The average molecular weight is 332 g/mol. The first-order valence-corrected chi connectivity index (χ1v) is 8.58. The van der Waals surface area contributed by atoms with Crippen molar-refractivity contribution in [1.29, 1.82) is 0 Å². The van der Waals surface area contributed by atoms with Gasteiger partial charge in [0.1, 0.15) is 0 Å². The van der Waals surface area contributed by atoms with Gasteiger partial charge in [0.05, 0.1) is 6.54 Å². The molecule has 0 fully saturated rings. The largest absolute Gasteiger partial charge is 0.376 e. The van der Waals surface area contributed by atoms with Gasteiger partial charge in [-0.1, -0.05) is 26.0 Å². The maximum Gasteiger partial charge on any atom is 0.321 e. The van der Waals surface area contributed by atoms with Crippen LogP contribution >= 0.6 is 0 Å². The first-order chi connectivity index (χ1) is 11.4. The third-order valence-electron chi connectivity index (χ3n) is 4.58. The van der Waals surface area contributed by atoms with Gasteiger partial charge in [-0.2, -0.15) is 0 Å². The molecule has 3 amide bonds. The minimum absolute atomic E-state index is 0.0767. The summed E-state index contributed by atoms with van der Waals surface area (Å²) in [6.45, 7) is 10.9. The van der Waals surface area contributed by atoms with Gasteiger partial charge in [-0.25, -0.2) is 4.79 Å². The summed E-state index contributed by atoms with van der Waals surface area (Å²) in [5.41, 5.74) is 3.52. The molecule has 24 heavy (non-hydrogen) atoms. The molecule has 1 aliphatic heterocycles. The first-order valence-electron chi connectivity index (χ1n) is 8.58. The zero-order valence-corrected chi connectivity index (χ0v) is 15.0. The number of benzene rings is 1. The van der Waals surface area contributed by atoms with E-state index in [-0.39, 0.29) is 12.5 Å². The van der Waals surface area contributed by atoms with Crippen LogP contribution < -0.4 is 16.0 Å². The Morgan fingerprint density at radius 3 is 2.62 bits per heavy atom. The van der Waals surface area contributed by atoms with Crippen LogP contribution in [-0.4, -0.2) is 36.0 Å². The Labute approximate surface area is 144 Å². The van der Waals surface area contributed by atoms with Crippen molar-refractivity contribution >= 4 is 17.6 Å². The van der Waals surface area contributed by atoms with E-state index in [0.717, 1.165) is 18.8 Å². The van der Waals surface area contributed by atoms with Gasteiger partial charge in [0, 0.05) is 31.4 Å². The molecule has 0 aliphatic carbocycles. The standard InChI is InChI=1S/C18H28N4O2/c1-5-19-18(24)21-17(23)9-20-16-8-6-7-14-10-22(11-15(14)16)13(4)12(2)3/h6-8,12-13,20H,5,9-11H2,1-4H3,(H2,19,21,23,24)/t13-/m1/s1. The summed E-state index contributed by atoms with van der Waals surface area (Å²) in [4.78, 5) is 25.6. The van der Waals surface area contributed by atoms with Crippen LogP contribution in [0.4, 0.5) is 10.5 Å². The summed E-state index contributed by atoms with van der Waals surface area (Å²) in [5, 5.41) is 8.00. The second-order valence-electron chi connectivity index (χ2n) is 6.59. The number of nitrogens with zero attached hydrogens (tertiary/aromatic N) is 1. The predicted octanol–water partition coefficient (Wildman–Crippen LogP) is 2.30. The smallest absolute Gasteiger partial charge is 0.321 e. The number of carbonyl (C=O) groups excluding carboxylic acids is 2. The highest BCUT2D eigenvalue weighted by Crippen LogP contribution is 2.31. The molecule has 0 radical (unpaired) electrons. The highest BCUT2D eigenvalue weighted by molar-refractivity contribution is 5.96. The number of anilines is 1. The van der Waals surface area contributed by atoms with Gasteiger partial charge in [0.2, 0.25) is 5.91 Å². The van der Waals surface area contributed by atoms with E-state index in [2.05, 4.69) is 47.7 Å². The highest BCUT2D eigenvalue weighted by atomic mass is 16.2. The molecule has 6 nitrogen and oxygen atoms in total. The average Bonchev–Trinajstić information content (AvgIpc) is 2.96. The van der Waals surface area contributed by atoms with Gasteiger partial charge < -0.3 is 10.6 Å². The molecule has 0 bridgehead atoms. The molecule has 132 valence electrons. The van der Waals surface area contributed by atoms with Gasteiger partial charge >= 0.3 is 6.03 Å². The Morgan fingerprint density at radius 1 is 1.21 bits per heavy atom. The van der Waals surface area contributed by atoms with Crippen molar-refractivity contribution in [2.45, 2.75) is 46.8 Å². The molecular weight excluding hydrogens is 304 g/mol. The fourth-order valence-electron chi connectivity index (χ4n) is 2.87. The zero-order valence-electron chi connectivity index (χ0n) is 15.0. The molecule has 0 aromatic heterocycles. The van der Waals surface area contributed by atoms with Crippen LogP contribution in [-0.2, 0) is 17.9 Å². The molecule has 2 rings (SSSR count). The molecule has 1 aromatic rings. The van der Waals surface area contributed by atoms with Crippen LogP contribution in [0.2, 0.25) is 0 Å². The number of hydrogen-bond acceptors (Lipinski definition) is 4.